The van der Waals surface area contributed by atoms with E-state index < -0.39 is 11.9 Å². The lowest BCUT2D eigenvalue weighted by molar-refractivity contribution is -0.137. The molecule has 0 aliphatic carbocycles. The van der Waals surface area contributed by atoms with Crippen molar-refractivity contribution in [1.82, 2.24) is 0 Å². The highest BCUT2D eigenvalue weighted by Gasteiger charge is 2.09. The smallest absolute Gasteiger partial charge is 0.311 e. The Morgan fingerprint density at radius 1 is 1.35 bits per heavy atom. The molecule has 1 aromatic carbocycles. The van der Waals surface area contributed by atoms with E-state index in [-0.39, 0.29) is 19.3 Å². The molecular weight excluding hydrogens is 288 g/mol. The lowest BCUT2D eigenvalue weighted by atomic mass is 10.2. The molecule has 92 valence electrons. The number of carbonyl (C=O) groups excluding carboxylic acids is 1. The quantitative estimate of drug-likeness (QED) is 0.671. The fourth-order valence-corrected chi connectivity index (χ4v) is 1.82. The molecule has 0 saturated carbocycles. The molecule has 0 radical (unpaired) electrons. The predicted octanol–water partition coefficient (Wildman–Crippen LogP) is 2.92. The largest absolute Gasteiger partial charge is 0.481 e. The van der Waals surface area contributed by atoms with Gasteiger partial charge in [0.05, 0.1) is 4.47 Å². The summed E-state index contributed by atoms with van der Waals surface area (Å²) in [5, 5.41) is 8.43. The van der Waals surface area contributed by atoms with E-state index in [2.05, 4.69) is 15.9 Å². The van der Waals surface area contributed by atoms with Gasteiger partial charge in [-0.2, -0.15) is 0 Å². The van der Waals surface area contributed by atoms with Crippen molar-refractivity contribution < 1.29 is 19.4 Å². The average Bonchev–Trinajstić information content (AvgIpc) is 2.21. The Labute approximate surface area is 108 Å². The van der Waals surface area contributed by atoms with Crippen LogP contribution < -0.4 is 4.74 Å². The van der Waals surface area contributed by atoms with Crippen LogP contribution in [0.4, 0.5) is 0 Å². The van der Waals surface area contributed by atoms with Crippen LogP contribution in [0.15, 0.2) is 22.7 Å². The molecule has 0 saturated heterocycles. The van der Waals surface area contributed by atoms with Crippen molar-refractivity contribution in [2.75, 3.05) is 0 Å². The van der Waals surface area contributed by atoms with Crippen molar-refractivity contribution in [3.63, 3.8) is 0 Å². The minimum Gasteiger partial charge on any atom is -0.481 e. The first-order valence-corrected chi connectivity index (χ1v) is 5.97. The molecule has 4 nitrogen and oxygen atoms in total. The summed E-state index contributed by atoms with van der Waals surface area (Å²) in [5.74, 6) is -0.874. The number of aliphatic carboxylic acids is 1. The Hall–Kier alpha value is -1.36. The van der Waals surface area contributed by atoms with Gasteiger partial charge in [0.15, 0.2) is 0 Å². The Kier molecular flexibility index (Phi) is 5.15. The molecule has 0 aliphatic rings. The van der Waals surface area contributed by atoms with E-state index >= 15 is 0 Å². The second-order valence-corrected chi connectivity index (χ2v) is 4.51. The number of hydrogen-bond acceptors (Lipinski definition) is 3. The summed E-state index contributed by atoms with van der Waals surface area (Å²) in [6.07, 6.45) is 0.369. The van der Waals surface area contributed by atoms with Crippen LogP contribution in [0.5, 0.6) is 5.75 Å². The monoisotopic (exact) mass is 300 g/mol. The van der Waals surface area contributed by atoms with Gasteiger partial charge in [0.25, 0.3) is 0 Å². The summed E-state index contributed by atoms with van der Waals surface area (Å²) in [5.41, 5.74) is 1.06. The average molecular weight is 301 g/mol. The van der Waals surface area contributed by atoms with E-state index in [1.54, 1.807) is 6.07 Å². The Balaban J connectivity index is 2.48. The Morgan fingerprint density at radius 2 is 2.06 bits per heavy atom. The first-order chi connectivity index (χ1) is 7.99. The molecular formula is C12H13BrO4. The predicted molar refractivity (Wildman–Crippen MR) is 66.0 cm³/mol. The van der Waals surface area contributed by atoms with Crippen molar-refractivity contribution in [2.45, 2.75) is 26.2 Å². The number of benzene rings is 1. The summed E-state index contributed by atoms with van der Waals surface area (Å²) in [4.78, 5) is 21.7. The standard InChI is InChI=1S/C12H13BrO4/c1-8-5-6-10(9(13)7-8)17-12(16)4-2-3-11(14)15/h5-7H,2-4H2,1H3,(H,14,15). The van der Waals surface area contributed by atoms with Gasteiger partial charge in [-0.15, -0.1) is 0 Å². The molecule has 0 aromatic heterocycles. The number of halogens is 1. The van der Waals surface area contributed by atoms with Gasteiger partial charge < -0.3 is 9.84 Å². The zero-order valence-corrected chi connectivity index (χ0v) is 11.0. The molecule has 0 unspecified atom stereocenters. The molecule has 17 heavy (non-hydrogen) atoms. The molecule has 1 N–H and O–H groups in total. The van der Waals surface area contributed by atoms with Crippen LogP contribution in [0.25, 0.3) is 0 Å². The number of carboxylic acids is 1. The number of rotatable bonds is 5. The number of hydrogen-bond donors (Lipinski definition) is 1. The van der Waals surface area contributed by atoms with Crippen molar-refractivity contribution in [3.8, 4) is 5.75 Å². The number of esters is 1. The number of carbonyl (C=O) groups is 2. The summed E-state index contributed by atoms with van der Waals surface area (Å²) in [7, 11) is 0. The number of carboxylic acid groups (broad SMARTS) is 1. The number of ether oxygens (including phenoxy) is 1. The maximum Gasteiger partial charge on any atom is 0.311 e. The highest BCUT2D eigenvalue weighted by atomic mass is 79.9. The fraction of sp³-hybridized carbons (Fsp3) is 0.333. The van der Waals surface area contributed by atoms with Gasteiger partial charge in [0.1, 0.15) is 5.75 Å². The van der Waals surface area contributed by atoms with Gasteiger partial charge in [-0.25, -0.2) is 0 Å². The Morgan fingerprint density at radius 3 is 2.65 bits per heavy atom. The van der Waals surface area contributed by atoms with Crippen LogP contribution in [-0.4, -0.2) is 17.0 Å². The molecule has 0 amide bonds. The minimum atomic E-state index is -0.908. The summed E-state index contributed by atoms with van der Waals surface area (Å²) >= 11 is 3.30. The van der Waals surface area contributed by atoms with Crippen molar-refractivity contribution in [2.24, 2.45) is 0 Å². The van der Waals surface area contributed by atoms with Crippen LogP contribution in [0.2, 0.25) is 0 Å². The van der Waals surface area contributed by atoms with Crippen LogP contribution in [0, 0.1) is 6.92 Å². The summed E-state index contributed by atoms with van der Waals surface area (Å²) in [6.45, 7) is 1.93. The number of aryl methyl sites for hydroxylation is 1. The maximum absolute atomic E-state index is 11.4. The van der Waals surface area contributed by atoms with Gasteiger partial charge in [-0.1, -0.05) is 6.07 Å². The molecule has 0 spiro atoms. The molecule has 1 aromatic rings. The van der Waals surface area contributed by atoms with Gasteiger partial charge >= 0.3 is 11.9 Å². The second kappa shape index (κ2) is 6.39. The zero-order chi connectivity index (χ0) is 12.8. The first-order valence-electron chi connectivity index (χ1n) is 5.17. The van der Waals surface area contributed by atoms with Crippen molar-refractivity contribution >= 4 is 27.9 Å². The SMILES string of the molecule is Cc1ccc(OC(=O)CCCC(=O)O)c(Br)c1. The Bertz CT molecular complexity index is 429. The van der Waals surface area contributed by atoms with Gasteiger partial charge in [-0.3, -0.25) is 9.59 Å². The third-order valence-corrected chi connectivity index (χ3v) is 2.70. The van der Waals surface area contributed by atoms with Gasteiger partial charge in [0, 0.05) is 12.8 Å². The lowest BCUT2D eigenvalue weighted by Gasteiger charge is -2.06. The molecule has 0 heterocycles. The lowest BCUT2D eigenvalue weighted by Crippen LogP contribution is -2.09. The summed E-state index contributed by atoms with van der Waals surface area (Å²) in [6, 6.07) is 5.39. The van der Waals surface area contributed by atoms with E-state index in [4.69, 9.17) is 9.84 Å². The molecule has 5 heteroatoms. The zero-order valence-electron chi connectivity index (χ0n) is 9.40. The maximum atomic E-state index is 11.4. The van der Waals surface area contributed by atoms with Crippen LogP contribution in [-0.2, 0) is 9.59 Å². The normalized spacial score (nSPS) is 10.0. The third kappa shape index (κ3) is 4.99. The van der Waals surface area contributed by atoms with E-state index in [1.165, 1.54) is 0 Å². The molecule has 1 rings (SSSR count). The molecule has 0 atom stereocenters. The minimum absolute atomic E-state index is 0.0236. The third-order valence-electron chi connectivity index (χ3n) is 2.08. The van der Waals surface area contributed by atoms with E-state index in [9.17, 15) is 9.59 Å². The highest BCUT2D eigenvalue weighted by molar-refractivity contribution is 9.10. The van der Waals surface area contributed by atoms with Crippen molar-refractivity contribution in [1.29, 1.82) is 0 Å². The van der Waals surface area contributed by atoms with E-state index in [0.717, 1.165) is 5.56 Å². The van der Waals surface area contributed by atoms with Crippen LogP contribution in [0.1, 0.15) is 24.8 Å². The van der Waals surface area contributed by atoms with E-state index in [0.29, 0.717) is 10.2 Å². The molecule has 0 fully saturated rings. The second-order valence-electron chi connectivity index (χ2n) is 3.66. The van der Waals surface area contributed by atoms with E-state index in [1.807, 2.05) is 19.1 Å². The first kappa shape index (κ1) is 13.7. The topological polar surface area (TPSA) is 63.6 Å². The fourth-order valence-electron chi connectivity index (χ4n) is 1.25. The van der Waals surface area contributed by atoms with Gasteiger partial charge in [0.2, 0.25) is 0 Å². The van der Waals surface area contributed by atoms with Crippen molar-refractivity contribution in [3.05, 3.63) is 28.2 Å². The van der Waals surface area contributed by atoms with Crippen LogP contribution in [0.3, 0.4) is 0 Å². The van der Waals surface area contributed by atoms with Crippen LogP contribution >= 0.6 is 15.9 Å². The molecule has 0 bridgehead atoms. The highest BCUT2D eigenvalue weighted by Crippen LogP contribution is 2.26. The molecule has 0 aliphatic heterocycles. The van der Waals surface area contributed by atoms with Gasteiger partial charge in [-0.05, 0) is 47.0 Å². The summed E-state index contributed by atoms with van der Waals surface area (Å²) < 4.78 is 5.82.